The molecule has 1 unspecified atom stereocenters. The Morgan fingerprint density at radius 2 is 2.21 bits per heavy atom. The van der Waals surface area contributed by atoms with Crippen LogP contribution < -0.4 is 5.32 Å². The summed E-state index contributed by atoms with van der Waals surface area (Å²) in [7, 11) is 0. The van der Waals surface area contributed by atoms with E-state index in [1.54, 1.807) is 22.7 Å². The largest absolute Gasteiger partial charge is 0.481 e. The molecular weight excluding hydrogens is 268 g/mol. The van der Waals surface area contributed by atoms with Crippen molar-refractivity contribution in [1.29, 1.82) is 0 Å². The number of nitrogens with zero attached hydrogens (tertiary/aromatic N) is 3. The van der Waals surface area contributed by atoms with Gasteiger partial charge in [0.25, 0.3) is 0 Å². The number of hydrogen-bond acceptors (Lipinski definition) is 5. The highest BCUT2D eigenvalue weighted by atomic mass is 32.2. The Kier molecular flexibility index (Phi) is 4.56. The average Bonchev–Trinajstić information content (AvgIpc) is 2.39. The molecule has 2 N–H and O–H groups in total. The van der Waals surface area contributed by atoms with Crippen LogP contribution in [0.3, 0.4) is 0 Å². The quantitative estimate of drug-likeness (QED) is 0.855. The van der Waals surface area contributed by atoms with Gasteiger partial charge in [-0.15, -0.1) is 0 Å². The molecule has 0 aliphatic carbocycles. The zero-order valence-electron chi connectivity index (χ0n) is 10.2. The molecule has 0 bridgehead atoms. The van der Waals surface area contributed by atoms with Crippen LogP contribution in [0.25, 0.3) is 0 Å². The molecule has 2 rings (SSSR count). The van der Waals surface area contributed by atoms with Crippen LogP contribution in [0.2, 0.25) is 0 Å². The van der Waals surface area contributed by atoms with Gasteiger partial charge in [-0.1, -0.05) is 0 Å². The van der Waals surface area contributed by atoms with Crippen molar-refractivity contribution >= 4 is 29.7 Å². The van der Waals surface area contributed by atoms with Crippen molar-refractivity contribution in [2.75, 3.05) is 23.4 Å². The standard InChI is InChI=1S/C11H14N4O3S/c16-9(17)6-8-7-19-5-4-15(8)11(18)14-10-12-2-1-3-13-10/h1-3,8H,4-7H2,(H,16,17)(H,12,13,14,18). The lowest BCUT2D eigenvalue weighted by Crippen LogP contribution is -2.49. The zero-order valence-corrected chi connectivity index (χ0v) is 11.0. The number of carboxylic acids is 1. The lowest BCUT2D eigenvalue weighted by Gasteiger charge is -2.34. The van der Waals surface area contributed by atoms with Crippen LogP contribution in [-0.2, 0) is 4.79 Å². The summed E-state index contributed by atoms with van der Waals surface area (Å²) in [5.74, 6) is 0.759. The van der Waals surface area contributed by atoms with Gasteiger partial charge in [0.15, 0.2) is 0 Å². The Balaban J connectivity index is 2.01. The minimum Gasteiger partial charge on any atom is -0.481 e. The van der Waals surface area contributed by atoms with E-state index in [1.807, 2.05) is 0 Å². The van der Waals surface area contributed by atoms with Crippen LogP contribution in [0.15, 0.2) is 18.5 Å². The SMILES string of the molecule is O=C(O)CC1CSCCN1C(=O)Nc1ncccn1. The lowest BCUT2D eigenvalue weighted by molar-refractivity contribution is -0.137. The molecule has 102 valence electrons. The Hall–Kier alpha value is -1.83. The zero-order chi connectivity index (χ0) is 13.7. The second-order valence-corrected chi connectivity index (χ2v) is 5.17. The molecule has 1 aliphatic heterocycles. The summed E-state index contributed by atoms with van der Waals surface area (Å²) in [5.41, 5.74) is 0. The highest BCUT2D eigenvalue weighted by molar-refractivity contribution is 7.99. The maximum Gasteiger partial charge on any atom is 0.324 e. The minimum atomic E-state index is -0.902. The molecule has 7 nitrogen and oxygen atoms in total. The van der Waals surface area contributed by atoms with E-state index in [-0.39, 0.29) is 24.4 Å². The number of aliphatic carboxylic acids is 1. The fraction of sp³-hybridized carbons (Fsp3) is 0.455. The van der Waals surface area contributed by atoms with Crippen LogP contribution in [0.4, 0.5) is 10.7 Å². The number of carbonyl (C=O) groups excluding carboxylic acids is 1. The first-order valence-corrected chi connectivity index (χ1v) is 6.96. The number of anilines is 1. The molecule has 2 amide bonds. The van der Waals surface area contributed by atoms with Crippen LogP contribution in [0.5, 0.6) is 0 Å². The molecule has 1 aromatic rings. The molecule has 8 heteroatoms. The summed E-state index contributed by atoms with van der Waals surface area (Å²) in [6, 6.07) is 1.01. The van der Waals surface area contributed by atoms with Gasteiger partial charge in [0, 0.05) is 30.4 Å². The number of rotatable bonds is 3. The van der Waals surface area contributed by atoms with Crippen LogP contribution in [0.1, 0.15) is 6.42 Å². The van der Waals surface area contributed by atoms with Gasteiger partial charge in [0.1, 0.15) is 0 Å². The van der Waals surface area contributed by atoms with E-state index in [1.165, 1.54) is 12.4 Å². The number of nitrogens with one attached hydrogen (secondary N) is 1. The van der Waals surface area contributed by atoms with Crippen molar-refractivity contribution in [3.8, 4) is 0 Å². The number of aromatic nitrogens is 2. The fourth-order valence-electron chi connectivity index (χ4n) is 1.82. The molecule has 1 aliphatic rings. The van der Waals surface area contributed by atoms with Crippen molar-refractivity contribution in [1.82, 2.24) is 14.9 Å². The van der Waals surface area contributed by atoms with Crippen molar-refractivity contribution in [3.05, 3.63) is 18.5 Å². The van der Waals surface area contributed by atoms with Gasteiger partial charge >= 0.3 is 12.0 Å². The van der Waals surface area contributed by atoms with Gasteiger partial charge in [-0.2, -0.15) is 11.8 Å². The summed E-state index contributed by atoms with van der Waals surface area (Å²) >= 11 is 1.66. The Morgan fingerprint density at radius 3 is 2.89 bits per heavy atom. The Bertz CT molecular complexity index is 457. The summed E-state index contributed by atoms with van der Waals surface area (Å²) in [6.07, 6.45) is 3.02. The second-order valence-electron chi connectivity index (χ2n) is 4.02. The molecule has 1 atom stereocenters. The molecule has 2 heterocycles. The minimum absolute atomic E-state index is 0.0456. The summed E-state index contributed by atoms with van der Waals surface area (Å²) in [4.78, 5) is 32.3. The van der Waals surface area contributed by atoms with Gasteiger partial charge in [0.2, 0.25) is 5.95 Å². The molecule has 1 saturated heterocycles. The molecule has 0 saturated carbocycles. The van der Waals surface area contributed by atoms with Gasteiger partial charge in [-0.3, -0.25) is 10.1 Å². The molecule has 0 aromatic carbocycles. The van der Waals surface area contributed by atoms with Crippen LogP contribution in [-0.4, -0.2) is 56.1 Å². The van der Waals surface area contributed by atoms with E-state index in [4.69, 9.17) is 5.11 Å². The molecule has 1 aromatic heterocycles. The third-order valence-electron chi connectivity index (χ3n) is 2.68. The molecule has 0 spiro atoms. The van der Waals surface area contributed by atoms with Crippen molar-refractivity contribution in [2.24, 2.45) is 0 Å². The Labute approximate surface area is 114 Å². The van der Waals surface area contributed by atoms with Crippen LogP contribution >= 0.6 is 11.8 Å². The van der Waals surface area contributed by atoms with Crippen LogP contribution in [0, 0.1) is 0 Å². The molecular formula is C11H14N4O3S. The Morgan fingerprint density at radius 1 is 1.47 bits per heavy atom. The third-order valence-corrected chi connectivity index (χ3v) is 3.77. The van der Waals surface area contributed by atoms with Crippen molar-refractivity contribution < 1.29 is 14.7 Å². The number of carbonyl (C=O) groups is 2. The van der Waals surface area contributed by atoms with Gasteiger partial charge in [-0.25, -0.2) is 14.8 Å². The smallest absolute Gasteiger partial charge is 0.324 e. The van der Waals surface area contributed by atoms with Crippen molar-refractivity contribution in [2.45, 2.75) is 12.5 Å². The van der Waals surface area contributed by atoms with Gasteiger partial charge in [0.05, 0.1) is 12.5 Å². The highest BCUT2D eigenvalue weighted by Crippen LogP contribution is 2.19. The predicted octanol–water partition coefficient (Wildman–Crippen LogP) is 0.901. The maximum atomic E-state index is 12.1. The highest BCUT2D eigenvalue weighted by Gasteiger charge is 2.29. The second kappa shape index (κ2) is 6.37. The number of amides is 2. The first kappa shape index (κ1) is 13.6. The fourth-order valence-corrected chi connectivity index (χ4v) is 2.89. The van der Waals surface area contributed by atoms with E-state index >= 15 is 0 Å². The van der Waals surface area contributed by atoms with Gasteiger partial charge < -0.3 is 10.0 Å². The third kappa shape index (κ3) is 3.82. The van der Waals surface area contributed by atoms with Gasteiger partial charge in [-0.05, 0) is 6.07 Å². The monoisotopic (exact) mass is 282 g/mol. The first-order chi connectivity index (χ1) is 9.16. The number of hydrogen-bond donors (Lipinski definition) is 2. The molecule has 1 fully saturated rings. The summed E-state index contributed by atoms with van der Waals surface area (Å²) in [5, 5.41) is 11.4. The summed E-state index contributed by atoms with van der Waals surface area (Å²) in [6.45, 7) is 0.529. The summed E-state index contributed by atoms with van der Waals surface area (Å²) < 4.78 is 0. The maximum absolute atomic E-state index is 12.1. The predicted molar refractivity (Wildman–Crippen MR) is 71.1 cm³/mol. The van der Waals surface area contributed by atoms with E-state index in [0.29, 0.717) is 12.3 Å². The van der Waals surface area contributed by atoms with E-state index < -0.39 is 5.97 Å². The average molecular weight is 282 g/mol. The van der Waals surface area contributed by atoms with Crippen molar-refractivity contribution in [3.63, 3.8) is 0 Å². The normalized spacial score (nSPS) is 18.9. The lowest BCUT2D eigenvalue weighted by atomic mass is 10.2. The topological polar surface area (TPSA) is 95.4 Å². The first-order valence-electron chi connectivity index (χ1n) is 5.81. The molecule has 0 radical (unpaired) electrons. The number of thioether (sulfide) groups is 1. The van der Waals surface area contributed by atoms with E-state index in [0.717, 1.165) is 5.75 Å². The number of carboxylic acid groups (broad SMARTS) is 1. The van der Waals surface area contributed by atoms with E-state index in [9.17, 15) is 9.59 Å². The molecule has 19 heavy (non-hydrogen) atoms. The number of urea groups is 1. The van der Waals surface area contributed by atoms with E-state index in [2.05, 4.69) is 15.3 Å².